The minimum atomic E-state index is -0.647. The molecule has 124 valence electrons. The van der Waals surface area contributed by atoms with E-state index >= 15 is 0 Å². The lowest BCUT2D eigenvalue weighted by Crippen LogP contribution is -2.55. The maximum atomic E-state index is 12.1. The van der Waals surface area contributed by atoms with Crippen LogP contribution in [0.3, 0.4) is 0 Å². The summed E-state index contributed by atoms with van der Waals surface area (Å²) in [5.74, 6) is 0.119. The Morgan fingerprint density at radius 3 is 1.95 bits per heavy atom. The fraction of sp³-hybridized carbons (Fsp3) is 0.833. The van der Waals surface area contributed by atoms with Gasteiger partial charge in [0.15, 0.2) is 0 Å². The van der Waals surface area contributed by atoms with E-state index in [4.69, 9.17) is 0 Å². The van der Waals surface area contributed by atoms with Crippen LogP contribution in [0.5, 0.6) is 0 Å². The highest BCUT2D eigenvalue weighted by atomic mass is 32.1. The Hall–Kier alpha value is -0.480. The molecule has 0 aromatic carbocycles. The number of hydrogen-bond acceptors (Lipinski definition) is 7. The van der Waals surface area contributed by atoms with E-state index in [9.17, 15) is 9.59 Å². The molecule has 0 saturated heterocycles. The van der Waals surface area contributed by atoms with Crippen LogP contribution in [0.2, 0.25) is 0 Å². The Labute approximate surface area is 137 Å². The van der Waals surface area contributed by atoms with Crippen molar-refractivity contribution in [1.29, 1.82) is 0 Å². The molecule has 2 atom stereocenters. The van der Waals surface area contributed by atoms with Gasteiger partial charge in [-0.05, 0) is 14.1 Å². The van der Waals surface area contributed by atoms with Gasteiger partial charge in [-0.15, -0.1) is 0 Å². The monoisotopic (exact) mass is 337 g/mol. The molecule has 0 radical (unpaired) electrons. The molecule has 5 N–H and O–H groups in total. The van der Waals surface area contributed by atoms with Gasteiger partial charge in [-0.3, -0.25) is 9.59 Å². The van der Waals surface area contributed by atoms with E-state index in [0.29, 0.717) is 25.4 Å². The van der Waals surface area contributed by atoms with Gasteiger partial charge >= 0.3 is 0 Å². The third-order valence-electron chi connectivity index (χ3n) is 2.75. The summed E-state index contributed by atoms with van der Waals surface area (Å²) in [6.45, 7) is 2.57. The van der Waals surface area contributed by atoms with Gasteiger partial charge in [-0.1, -0.05) is 0 Å². The van der Waals surface area contributed by atoms with Crippen LogP contribution in [-0.4, -0.2) is 75.7 Å². The Bertz CT molecular complexity index is 307. The Morgan fingerprint density at radius 2 is 1.43 bits per heavy atom. The smallest absolute Gasteiger partial charge is 0.243 e. The number of likely N-dealkylation sites (N-methyl/N-ethyl adjacent to an activating group) is 2. The van der Waals surface area contributed by atoms with Gasteiger partial charge in [0, 0.05) is 37.7 Å². The lowest BCUT2D eigenvalue weighted by molar-refractivity contribution is -0.129. The molecule has 0 unspecified atom stereocenters. The summed E-state index contributed by atoms with van der Waals surface area (Å²) in [6.07, 6.45) is 0. The van der Waals surface area contributed by atoms with Gasteiger partial charge in [-0.2, -0.15) is 25.3 Å². The van der Waals surface area contributed by atoms with Crippen molar-refractivity contribution in [2.75, 3.05) is 51.8 Å². The summed E-state index contributed by atoms with van der Waals surface area (Å²) in [7, 11) is 3.64. The van der Waals surface area contributed by atoms with Crippen molar-refractivity contribution in [2.45, 2.75) is 12.1 Å². The average Bonchev–Trinajstić information content (AvgIpc) is 2.49. The molecular weight excluding hydrogens is 310 g/mol. The van der Waals surface area contributed by atoms with Crippen LogP contribution in [-0.2, 0) is 9.59 Å². The van der Waals surface area contributed by atoms with E-state index in [0.717, 1.165) is 6.54 Å². The molecule has 0 heterocycles. The molecule has 0 rings (SSSR count). The van der Waals surface area contributed by atoms with Crippen molar-refractivity contribution in [2.24, 2.45) is 0 Å². The number of amides is 2. The molecule has 0 aromatic rings. The van der Waals surface area contributed by atoms with E-state index in [2.05, 4.69) is 51.8 Å². The van der Waals surface area contributed by atoms with Crippen molar-refractivity contribution < 1.29 is 9.59 Å². The van der Waals surface area contributed by atoms with Crippen LogP contribution in [0.4, 0.5) is 0 Å². The molecule has 0 aliphatic carbocycles. The third kappa shape index (κ3) is 9.20. The van der Waals surface area contributed by atoms with Gasteiger partial charge in [0.25, 0.3) is 0 Å². The predicted molar refractivity (Wildman–Crippen MR) is 92.3 cm³/mol. The minimum Gasteiger partial charge on any atom is -0.353 e. The number of nitrogens with one attached hydrogen (secondary N) is 5. The molecule has 0 aliphatic heterocycles. The van der Waals surface area contributed by atoms with Crippen LogP contribution in [0.15, 0.2) is 0 Å². The third-order valence-corrected chi connectivity index (χ3v) is 3.48. The van der Waals surface area contributed by atoms with Crippen LogP contribution in [0.1, 0.15) is 0 Å². The first-order valence-electron chi connectivity index (χ1n) is 6.93. The molecule has 9 heteroatoms. The van der Waals surface area contributed by atoms with Crippen molar-refractivity contribution in [3.63, 3.8) is 0 Å². The van der Waals surface area contributed by atoms with Crippen LogP contribution in [0, 0.1) is 0 Å². The maximum Gasteiger partial charge on any atom is 0.243 e. The van der Waals surface area contributed by atoms with Gasteiger partial charge in [0.1, 0.15) is 6.04 Å². The number of carbonyl (C=O) groups is 2. The molecule has 21 heavy (non-hydrogen) atoms. The first kappa shape index (κ1) is 20.5. The van der Waals surface area contributed by atoms with E-state index in [1.54, 1.807) is 7.05 Å². The SMILES string of the molecule is CNCCNC(=O)[C@H](CS)NC(=O)[C@H](CS)NCCNC. The molecule has 0 fully saturated rings. The highest BCUT2D eigenvalue weighted by Gasteiger charge is 2.23. The van der Waals surface area contributed by atoms with Gasteiger partial charge in [0.2, 0.25) is 11.8 Å². The topological polar surface area (TPSA) is 94.3 Å². The zero-order valence-corrected chi connectivity index (χ0v) is 14.4. The largest absolute Gasteiger partial charge is 0.353 e. The molecule has 0 saturated carbocycles. The zero-order valence-electron chi connectivity index (χ0n) is 12.6. The van der Waals surface area contributed by atoms with Gasteiger partial charge in [0.05, 0.1) is 6.04 Å². The second-order valence-corrected chi connectivity index (χ2v) is 5.16. The summed E-state index contributed by atoms with van der Waals surface area (Å²) in [5.41, 5.74) is 0. The number of hydrogen-bond donors (Lipinski definition) is 7. The Balaban J connectivity index is 4.29. The van der Waals surface area contributed by atoms with Gasteiger partial charge in [-0.25, -0.2) is 0 Å². The molecule has 0 aromatic heterocycles. The highest BCUT2D eigenvalue weighted by molar-refractivity contribution is 7.80. The second-order valence-electron chi connectivity index (χ2n) is 4.43. The average molecular weight is 338 g/mol. The molecule has 0 spiro atoms. The number of rotatable bonds is 12. The fourth-order valence-corrected chi connectivity index (χ4v) is 2.06. The summed E-state index contributed by atoms with van der Waals surface area (Å²) in [6, 6.07) is -1.08. The second kappa shape index (κ2) is 13.2. The Morgan fingerprint density at radius 1 is 0.857 bits per heavy atom. The van der Waals surface area contributed by atoms with E-state index in [1.165, 1.54) is 0 Å². The highest BCUT2D eigenvalue weighted by Crippen LogP contribution is 1.94. The van der Waals surface area contributed by atoms with E-state index in [1.807, 2.05) is 7.05 Å². The van der Waals surface area contributed by atoms with Gasteiger partial charge < -0.3 is 26.6 Å². The molecular formula is C12H27N5O2S2. The Kier molecular flexibility index (Phi) is 12.9. The van der Waals surface area contributed by atoms with Crippen molar-refractivity contribution >= 4 is 37.1 Å². The fourth-order valence-electron chi connectivity index (χ4n) is 1.51. The number of thiol groups is 2. The van der Waals surface area contributed by atoms with Crippen molar-refractivity contribution in [3.05, 3.63) is 0 Å². The summed E-state index contributed by atoms with van der Waals surface area (Å²) < 4.78 is 0. The van der Waals surface area contributed by atoms with E-state index in [-0.39, 0.29) is 17.6 Å². The lowest BCUT2D eigenvalue weighted by atomic mass is 10.2. The molecule has 7 nitrogen and oxygen atoms in total. The zero-order chi connectivity index (χ0) is 16.1. The van der Waals surface area contributed by atoms with E-state index < -0.39 is 12.1 Å². The molecule has 0 aliphatic rings. The molecule has 0 bridgehead atoms. The normalized spacial score (nSPS) is 13.5. The summed E-state index contributed by atoms with van der Waals surface area (Å²) in [5, 5.41) is 14.4. The quantitative estimate of drug-likeness (QED) is 0.163. The van der Waals surface area contributed by atoms with Crippen molar-refractivity contribution in [3.8, 4) is 0 Å². The first-order valence-corrected chi connectivity index (χ1v) is 8.19. The first-order chi connectivity index (χ1) is 10.1. The summed E-state index contributed by atoms with van der Waals surface area (Å²) >= 11 is 8.28. The minimum absolute atomic E-state index is 0.235. The van der Waals surface area contributed by atoms with Crippen LogP contribution >= 0.6 is 25.3 Å². The lowest BCUT2D eigenvalue weighted by Gasteiger charge is -2.21. The van der Waals surface area contributed by atoms with Crippen LogP contribution in [0.25, 0.3) is 0 Å². The maximum absolute atomic E-state index is 12.1. The van der Waals surface area contributed by atoms with Crippen molar-refractivity contribution in [1.82, 2.24) is 26.6 Å². The molecule has 2 amide bonds. The number of carbonyl (C=O) groups excluding carboxylic acids is 2. The predicted octanol–water partition coefficient (Wildman–Crippen LogP) is -2.16. The van der Waals surface area contributed by atoms with Crippen LogP contribution < -0.4 is 26.6 Å². The summed E-state index contributed by atoms with van der Waals surface area (Å²) in [4.78, 5) is 24.0. The standard InChI is InChI=1S/C12H27N5O2S2/c1-13-3-5-15-9(7-20)12(19)17-10(8-21)11(18)16-6-4-14-2/h9-10,13-15,20-21H,3-8H2,1-2H3,(H,16,18)(H,17,19)/t9-,10-/m0/s1.